The van der Waals surface area contributed by atoms with Crippen LogP contribution in [-0.4, -0.2) is 60.7 Å². The zero-order valence-electron chi connectivity index (χ0n) is 21.0. The zero-order chi connectivity index (χ0) is 23.9. The smallest absolute Gasteiger partial charge is 0.211 e. The van der Waals surface area contributed by atoms with Crippen LogP contribution in [0.3, 0.4) is 0 Å². The third-order valence-electron chi connectivity index (χ3n) is 10.0. The Balaban J connectivity index is 1.47. The molecule has 0 aromatic carbocycles. The quantitative estimate of drug-likeness (QED) is 0.243. The molecule has 4 rings (SSSR count). The van der Waals surface area contributed by atoms with Gasteiger partial charge >= 0.3 is 0 Å². The highest BCUT2D eigenvalue weighted by Gasteiger charge is 2.66. The van der Waals surface area contributed by atoms with E-state index < -0.39 is 5.60 Å². The Hall–Kier alpha value is -1.67. The van der Waals surface area contributed by atoms with Gasteiger partial charge in [0, 0.05) is 29.8 Å². The molecule has 0 heterocycles. The molecule has 8 nitrogen and oxygen atoms in total. The fraction of sp³-hybridized carbons (Fsp3) is 0.880. The van der Waals surface area contributed by atoms with E-state index in [2.05, 4.69) is 34.1 Å². The molecule has 0 radical (unpaired) electrons. The van der Waals surface area contributed by atoms with Gasteiger partial charge in [0.25, 0.3) is 0 Å². The first-order valence-electron chi connectivity index (χ1n) is 12.8. The van der Waals surface area contributed by atoms with Crippen LogP contribution in [0.1, 0.15) is 71.6 Å². The zero-order valence-corrected chi connectivity index (χ0v) is 21.0. The third kappa shape index (κ3) is 4.29. The van der Waals surface area contributed by atoms with Crippen LogP contribution in [0.4, 0.5) is 0 Å². The summed E-state index contributed by atoms with van der Waals surface area (Å²) in [5.41, 5.74) is 11.6. The molecule has 0 amide bonds. The molecule has 4 aliphatic rings. The van der Waals surface area contributed by atoms with Gasteiger partial charge in [0.1, 0.15) is 6.61 Å². The summed E-state index contributed by atoms with van der Waals surface area (Å²) in [6.07, 6.45) is 11.4. The van der Waals surface area contributed by atoms with Gasteiger partial charge in [-0.3, -0.25) is 0 Å². The molecule has 0 aromatic rings. The van der Waals surface area contributed by atoms with Gasteiger partial charge in [-0.15, -0.1) is 5.10 Å². The van der Waals surface area contributed by atoms with Crippen molar-refractivity contribution in [3.63, 3.8) is 0 Å². The van der Waals surface area contributed by atoms with E-state index in [0.29, 0.717) is 24.4 Å². The minimum atomic E-state index is -0.614. The largest absolute Gasteiger partial charge is 0.395 e. The van der Waals surface area contributed by atoms with Crippen molar-refractivity contribution in [2.24, 2.45) is 61.3 Å². The molecule has 186 valence electrons. The predicted molar refractivity (Wildman–Crippen MR) is 133 cm³/mol. The summed E-state index contributed by atoms with van der Waals surface area (Å²) in [7, 11) is 4.06. The fourth-order valence-corrected chi connectivity index (χ4v) is 7.92. The molecular weight excluding hydrogens is 416 g/mol. The van der Waals surface area contributed by atoms with E-state index in [1.165, 1.54) is 6.42 Å². The molecular formula is C25H44N6O2. The summed E-state index contributed by atoms with van der Waals surface area (Å²) in [5, 5.41) is 24.8. The van der Waals surface area contributed by atoms with Crippen molar-refractivity contribution in [3.8, 4) is 0 Å². The normalized spacial score (nSPS) is 43.9. The lowest BCUT2D eigenvalue weighted by atomic mass is 9.43. The number of hydrogen-bond donors (Lipinski definition) is 3. The van der Waals surface area contributed by atoms with Gasteiger partial charge in [-0.1, -0.05) is 19.0 Å². The van der Waals surface area contributed by atoms with Gasteiger partial charge in [-0.25, -0.2) is 0 Å². The lowest BCUT2D eigenvalue weighted by molar-refractivity contribution is -0.198. The minimum Gasteiger partial charge on any atom is -0.395 e. The molecule has 8 heteroatoms. The number of oxime groups is 1. The molecule has 4 fully saturated rings. The van der Waals surface area contributed by atoms with Gasteiger partial charge in [-0.05, 0) is 95.1 Å². The Bertz CT molecular complexity index is 809. The predicted octanol–water partition coefficient (Wildman–Crippen LogP) is 2.95. The van der Waals surface area contributed by atoms with Crippen molar-refractivity contribution in [2.75, 3.05) is 27.2 Å². The Morgan fingerprint density at radius 1 is 1.12 bits per heavy atom. The number of aliphatic hydroxyl groups is 1. The number of guanidine groups is 1. The molecule has 5 N–H and O–H groups in total. The van der Waals surface area contributed by atoms with Gasteiger partial charge in [0.15, 0.2) is 0 Å². The molecule has 0 saturated heterocycles. The molecule has 0 bridgehead atoms. The van der Waals surface area contributed by atoms with Crippen molar-refractivity contribution in [1.82, 2.24) is 4.90 Å². The summed E-state index contributed by atoms with van der Waals surface area (Å²) in [4.78, 5) is 7.60. The maximum Gasteiger partial charge on any atom is 0.211 e. The number of nitrogens with two attached hydrogens (primary N) is 2. The number of rotatable bonds is 6. The Labute approximate surface area is 198 Å². The molecule has 4 aliphatic carbocycles. The lowest BCUT2D eigenvalue weighted by Gasteiger charge is -2.63. The average Bonchev–Trinajstić information content (AvgIpc) is 3.02. The van der Waals surface area contributed by atoms with Crippen LogP contribution < -0.4 is 11.5 Å². The summed E-state index contributed by atoms with van der Waals surface area (Å²) in [6.45, 7) is 6.23. The van der Waals surface area contributed by atoms with E-state index in [1.54, 1.807) is 0 Å². The van der Waals surface area contributed by atoms with Gasteiger partial charge < -0.3 is 26.3 Å². The lowest BCUT2D eigenvalue weighted by Crippen LogP contribution is -2.62. The molecule has 0 unspecified atom stereocenters. The van der Waals surface area contributed by atoms with Crippen molar-refractivity contribution in [2.45, 2.75) is 77.2 Å². The topological polar surface area (TPSA) is 122 Å². The first kappa shape index (κ1) is 24.5. The van der Waals surface area contributed by atoms with Gasteiger partial charge in [-0.2, -0.15) is 5.10 Å². The molecule has 4 saturated carbocycles. The Morgan fingerprint density at radius 2 is 1.91 bits per heavy atom. The number of hydrogen-bond acceptors (Lipinski definition) is 6. The van der Waals surface area contributed by atoms with Crippen LogP contribution in [0.15, 0.2) is 15.4 Å². The highest BCUT2D eigenvalue weighted by Crippen LogP contribution is 2.68. The standard InChI is InChI=1S/C25H44N6O2/c1-23-10-8-19(29-30-22(26)27)15-17(23)5-6-21-20(23)9-11-24(2)18(7-12-25(21,24)32)16-28-33-14-13-31(3)4/h16-18,20-21,32H,5-15H2,1-4H3,(H4,26,27,30)/b28-16+,29-19?/t17-,18-,20+,21-,23+,24-,25+/m1/s1. The molecule has 33 heavy (non-hydrogen) atoms. The maximum atomic E-state index is 12.2. The SMILES string of the molecule is CN(C)CCO/N=C/[C@H]1CC[C@]2(O)[C@@H]3CC[C@@H]4CC(=NN=C(N)N)CC[C@]4(C)[C@H]3CC[C@]12C. The first-order chi connectivity index (χ1) is 15.6. The van der Waals surface area contributed by atoms with E-state index in [-0.39, 0.29) is 22.7 Å². The summed E-state index contributed by atoms with van der Waals surface area (Å²) < 4.78 is 0. The monoisotopic (exact) mass is 460 g/mol. The van der Waals surface area contributed by atoms with Gasteiger partial charge in [0.05, 0.1) is 5.60 Å². The van der Waals surface area contributed by atoms with E-state index in [4.69, 9.17) is 16.3 Å². The summed E-state index contributed by atoms with van der Waals surface area (Å²) in [5.74, 6) is 1.82. The van der Waals surface area contributed by atoms with Crippen molar-refractivity contribution < 1.29 is 9.94 Å². The Kier molecular flexibility index (Phi) is 6.80. The van der Waals surface area contributed by atoms with Crippen LogP contribution in [0.25, 0.3) is 0 Å². The molecule has 0 spiro atoms. The highest BCUT2D eigenvalue weighted by molar-refractivity contribution is 5.86. The summed E-state index contributed by atoms with van der Waals surface area (Å²) >= 11 is 0. The maximum absolute atomic E-state index is 12.2. The third-order valence-corrected chi connectivity index (χ3v) is 10.0. The van der Waals surface area contributed by atoms with Gasteiger partial charge in [0.2, 0.25) is 5.96 Å². The summed E-state index contributed by atoms with van der Waals surface area (Å²) in [6, 6.07) is 0. The van der Waals surface area contributed by atoms with Crippen LogP contribution in [0.2, 0.25) is 0 Å². The highest BCUT2D eigenvalue weighted by atomic mass is 16.6. The number of fused-ring (bicyclic) bond motifs is 5. The minimum absolute atomic E-state index is 0.0239. The van der Waals surface area contributed by atoms with E-state index in [1.807, 2.05) is 20.3 Å². The second-order valence-electron chi connectivity index (χ2n) is 11.8. The van der Waals surface area contributed by atoms with Crippen LogP contribution in [-0.2, 0) is 4.84 Å². The molecule has 7 atom stereocenters. The van der Waals surface area contributed by atoms with Crippen molar-refractivity contribution in [1.29, 1.82) is 0 Å². The second kappa shape index (κ2) is 9.17. The van der Waals surface area contributed by atoms with E-state index in [0.717, 1.165) is 63.6 Å². The van der Waals surface area contributed by atoms with Crippen LogP contribution >= 0.6 is 0 Å². The second-order valence-corrected chi connectivity index (χ2v) is 11.8. The van der Waals surface area contributed by atoms with E-state index >= 15 is 0 Å². The van der Waals surface area contributed by atoms with Crippen molar-refractivity contribution in [3.05, 3.63) is 0 Å². The molecule has 0 aromatic heterocycles. The number of nitrogens with zero attached hydrogens (tertiary/aromatic N) is 4. The van der Waals surface area contributed by atoms with E-state index in [9.17, 15) is 5.11 Å². The van der Waals surface area contributed by atoms with Crippen LogP contribution in [0, 0.1) is 34.5 Å². The fourth-order valence-electron chi connectivity index (χ4n) is 7.92. The van der Waals surface area contributed by atoms with Crippen molar-refractivity contribution >= 4 is 17.9 Å². The van der Waals surface area contributed by atoms with Crippen LogP contribution in [0.5, 0.6) is 0 Å². The Morgan fingerprint density at radius 3 is 2.64 bits per heavy atom. The average molecular weight is 461 g/mol. The number of likely N-dealkylation sites (N-methyl/N-ethyl adjacent to an activating group) is 1. The molecule has 0 aliphatic heterocycles. The first-order valence-corrected chi connectivity index (χ1v) is 12.8.